The molecular formula is C11H24N2O2S. The van der Waals surface area contributed by atoms with E-state index in [4.69, 9.17) is 5.73 Å². The highest BCUT2D eigenvalue weighted by molar-refractivity contribution is 7.89. The van der Waals surface area contributed by atoms with Crippen LogP contribution in [0.5, 0.6) is 0 Å². The fourth-order valence-electron chi connectivity index (χ4n) is 2.14. The Kier molecular flexibility index (Phi) is 4.76. The molecule has 0 aromatic heterocycles. The highest BCUT2D eigenvalue weighted by Crippen LogP contribution is 2.27. The van der Waals surface area contributed by atoms with Gasteiger partial charge in [0.15, 0.2) is 0 Å². The molecule has 1 saturated carbocycles. The normalized spacial score (nSPS) is 31.6. The largest absolute Gasteiger partial charge is 0.328 e. The summed E-state index contributed by atoms with van der Waals surface area (Å²) in [5, 5.41) is 0. The molecule has 0 bridgehead atoms. The Morgan fingerprint density at radius 3 is 2.44 bits per heavy atom. The van der Waals surface area contributed by atoms with Gasteiger partial charge in [0.05, 0.1) is 5.75 Å². The Morgan fingerprint density at radius 1 is 1.38 bits per heavy atom. The van der Waals surface area contributed by atoms with Gasteiger partial charge in [0, 0.05) is 11.6 Å². The lowest BCUT2D eigenvalue weighted by molar-refractivity contribution is 0.271. The SMILES string of the molecule is CCCCS(=O)(=O)NC1(C)CCC(N)CC1. The highest BCUT2D eigenvalue weighted by atomic mass is 32.2. The third kappa shape index (κ3) is 4.39. The van der Waals surface area contributed by atoms with E-state index in [0.29, 0.717) is 0 Å². The fourth-order valence-corrected chi connectivity index (χ4v) is 3.87. The van der Waals surface area contributed by atoms with E-state index in [1.807, 2.05) is 13.8 Å². The first kappa shape index (κ1) is 13.9. The molecule has 0 saturated heterocycles. The predicted octanol–water partition coefficient (Wildman–Crippen LogP) is 1.37. The topological polar surface area (TPSA) is 72.2 Å². The van der Waals surface area contributed by atoms with Crippen molar-refractivity contribution in [3.8, 4) is 0 Å². The molecule has 0 heterocycles. The second kappa shape index (κ2) is 5.47. The molecule has 1 rings (SSSR count). The van der Waals surface area contributed by atoms with E-state index < -0.39 is 10.0 Å². The zero-order valence-corrected chi connectivity index (χ0v) is 11.1. The van der Waals surface area contributed by atoms with Gasteiger partial charge in [0.25, 0.3) is 0 Å². The maximum absolute atomic E-state index is 11.8. The molecule has 0 atom stereocenters. The van der Waals surface area contributed by atoms with Crippen molar-refractivity contribution in [2.45, 2.75) is 64.0 Å². The van der Waals surface area contributed by atoms with E-state index in [0.717, 1.165) is 38.5 Å². The maximum Gasteiger partial charge on any atom is 0.212 e. The molecule has 1 aliphatic rings. The predicted molar refractivity (Wildman–Crippen MR) is 66.7 cm³/mol. The third-order valence-corrected chi connectivity index (χ3v) is 4.93. The van der Waals surface area contributed by atoms with Gasteiger partial charge < -0.3 is 5.73 Å². The van der Waals surface area contributed by atoms with Gasteiger partial charge in [-0.1, -0.05) is 13.3 Å². The first-order valence-corrected chi connectivity index (χ1v) is 7.79. The van der Waals surface area contributed by atoms with Crippen LogP contribution in [-0.2, 0) is 10.0 Å². The summed E-state index contributed by atoms with van der Waals surface area (Å²) in [5.74, 6) is 0.241. The average molecular weight is 248 g/mol. The molecule has 1 fully saturated rings. The molecule has 0 radical (unpaired) electrons. The first-order chi connectivity index (χ1) is 7.37. The summed E-state index contributed by atoms with van der Waals surface area (Å²) >= 11 is 0. The molecule has 96 valence electrons. The van der Waals surface area contributed by atoms with Crippen molar-refractivity contribution >= 4 is 10.0 Å². The van der Waals surface area contributed by atoms with Gasteiger partial charge in [-0.05, 0) is 39.0 Å². The van der Waals surface area contributed by atoms with Gasteiger partial charge >= 0.3 is 0 Å². The van der Waals surface area contributed by atoms with E-state index in [-0.39, 0.29) is 17.3 Å². The molecule has 5 heteroatoms. The van der Waals surface area contributed by atoms with E-state index in [1.165, 1.54) is 0 Å². The van der Waals surface area contributed by atoms with Crippen molar-refractivity contribution in [2.75, 3.05) is 5.75 Å². The van der Waals surface area contributed by atoms with Crippen LogP contribution < -0.4 is 10.5 Å². The van der Waals surface area contributed by atoms with Crippen LogP contribution in [0.1, 0.15) is 52.4 Å². The highest BCUT2D eigenvalue weighted by Gasteiger charge is 2.33. The van der Waals surface area contributed by atoms with Crippen LogP contribution in [-0.4, -0.2) is 25.8 Å². The Hall–Kier alpha value is -0.130. The molecule has 16 heavy (non-hydrogen) atoms. The Balaban J connectivity index is 2.52. The van der Waals surface area contributed by atoms with Crippen molar-refractivity contribution < 1.29 is 8.42 Å². The third-order valence-electron chi connectivity index (χ3n) is 3.30. The second-order valence-corrected chi connectivity index (χ2v) is 7.01. The van der Waals surface area contributed by atoms with Crippen LogP contribution in [0.2, 0.25) is 0 Å². The van der Waals surface area contributed by atoms with E-state index >= 15 is 0 Å². The summed E-state index contributed by atoms with van der Waals surface area (Å²) in [5.41, 5.74) is 5.55. The van der Waals surface area contributed by atoms with Crippen LogP contribution in [0.25, 0.3) is 0 Å². The minimum absolute atomic E-state index is 0.241. The van der Waals surface area contributed by atoms with Crippen LogP contribution in [0.3, 0.4) is 0 Å². The van der Waals surface area contributed by atoms with E-state index in [1.54, 1.807) is 0 Å². The number of sulfonamides is 1. The quantitative estimate of drug-likeness (QED) is 0.771. The Labute approximate surface area is 99.0 Å². The minimum Gasteiger partial charge on any atom is -0.328 e. The lowest BCUT2D eigenvalue weighted by atomic mass is 9.82. The van der Waals surface area contributed by atoms with Crippen molar-refractivity contribution in [1.82, 2.24) is 4.72 Å². The number of rotatable bonds is 5. The Morgan fingerprint density at radius 2 is 1.94 bits per heavy atom. The monoisotopic (exact) mass is 248 g/mol. The summed E-state index contributed by atoms with van der Waals surface area (Å²) in [6.07, 6.45) is 5.14. The molecule has 4 nitrogen and oxygen atoms in total. The van der Waals surface area contributed by atoms with E-state index in [9.17, 15) is 8.42 Å². The number of nitrogens with two attached hydrogens (primary N) is 1. The Bertz CT molecular complexity index is 306. The average Bonchev–Trinajstić information content (AvgIpc) is 2.19. The van der Waals surface area contributed by atoms with Gasteiger partial charge in [-0.3, -0.25) is 0 Å². The molecule has 0 aromatic rings. The van der Waals surface area contributed by atoms with Crippen LogP contribution in [0.15, 0.2) is 0 Å². The molecule has 0 aliphatic heterocycles. The molecule has 0 spiro atoms. The van der Waals surface area contributed by atoms with Gasteiger partial charge in [-0.25, -0.2) is 13.1 Å². The minimum atomic E-state index is -3.11. The molecule has 3 N–H and O–H groups in total. The summed E-state index contributed by atoms with van der Waals surface area (Å²) in [6.45, 7) is 3.99. The van der Waals surface area contributed by atoms with Crippen molar-refractivity contribution in [3.63, 3.8) is 0 Å². The first-order valence-electron chi connectivity index (χ1n) is 6.14. The summed E-state index contributed by atoms with van der Waals surface area (Å²) in [6, 6.07) is 0.244. The standard InChI is InChI=1S/C11H24N2O2S/c1-3-4-9-16(14,15)13-11(2)7-5-10(12)6-8-11/h10,13H,3-9,12H2,1-2H3. The molecule has 0 unspecified atom stereocenters. The molecule has 1 aliphatic carbocycles. The molecular weight excluding hydrogens is 224 g/mol. The number of hydrogen-bond donors (Lipinski definition) is 2. The number of unbranched alkanes of at least 4 members (excludes halogenated alkanes) is 1. The van der Waals surface area contributed by atoms with Crippen LogP contribution in [0.4, 0.5) is 0 Å². The van der Waals surface area contributed by atoms with Crippen LogP contribution >= 0.6 is 0 Å². The smallest absolute Gasteiger partial charge is 0.212 e. The van der Waals surface area contributed by atoms with Gasteiger partial charge in [-0.2, -0.15) is 0 Å². The second-order valence-electron chi connectivity index (χ2n) is 5.17. The van der Waals surface area contributed by atoms with Crippen molar-refractivity contribution in [2.24, 2.45) is 5.73 Å². The lowest BCUT2D eigenvalue weighted by Crippen LogP contribution is -2.50. The van der Waals surface area contributed by atoms with Crippen LogP contribution in [0, 0.1) is 0 Å². The summed E-state index contributed by atoms with van der Waals surface area (Å²) in [4.78, 5) is 0. The molecule has 0 aromatic carbocycles. The number of nitrogens with one attached hydrogen (secondary N) is 1. The van der Waals surface area contributed by atoms with Gasteiger partial charge in [0.1, 0.15) is 0 Å². The fraction of sp³-hybridized carbons (Fsp3) is 1.00. The zero-order valence-electron chi connectivity index (χ0n) is 10.3. The van der Waals surface area contributed by atoms with Gasteiger partial charge in [-0.15, -0.1) is 0 Å². The van der Waals surface area contributed by atoms with Crippen molar-refractivity contribution in [3.05, 3.63) is 0 Å². The summed E-state index contributed by atoms with van der Waals surface area (Å²) in [7, 11) is -3.11. The van der Waals surface area contributed by atoms with Crippen molar-refractivity contribution in [1.29, 1.82) is 0 Å². The zero-order chi connectivity index (χ0) is 12.2. The number of hydrogen-bond acceptors (Lipinski definition) is 3. The maximum atomic E-state index is 11.8. The molecule has 0 amide bonds. The lowest BCUT2D eigenvalue weighted by Gasteiger charge is -2.36. The van der Waals surface area contributed by atoms with E-state index in [2.05, 4.69) is 4.72 Å². The summed E-state index contributed by atoms with van der Waals surface area (Å²) < 4.78 is 26.4. The van der Waals surface area contributed by atoms with Gasteiger partial charge in [0.2, 0.25) is 10.0 Å².